The highest BCUT2D eigenvalue weighted by Crippen LogP contribution is 2.27. The van der Waals surface area contributed by atoms with Crippen molar-refractivity contribution >= 4 is 33.5 Å². The molecule has 1 heterocycles. The number of likely N-dealkylation sites (N-methyl/N-ethyl adjacent to an activating group) is 1. The smallest absolute Gasteiger partial charge is 0.243 e. The number of benzene rings is 3. The number of carbonyl (C=O) groups is 1. The molecule has 10 heteroatoms. The maximum atomic E-state index is 13.5. The van der Waals surface area contributed by atoms with E-state index in [1.165, 1.54) is 4.31 Å². The van der Waals surface area contributed by atoms with Crippen LogP contribution in [0.25, 0.3) is 16.9 Å². The van der Waals surface area contributed by atoms with E-state index in [0.29, 0.717) is 23.2 Å². The Balaban J connectivity index is 1.67. The third-order valence-corrected chi connectivity index (χ3v) is 8.75. The van der Waals surface area contributed by atoms with Gasteiger partial charge >= 0.3 is 0 Å². The summed E-state index contributed by atoms with van der Waals surface area (Å²) in [6.45, 7) is 6.19. The summed E-state index contributed by atoms with van der Waals surface area (Å²) in [5, 5.41) is 3.47. The van der Waals surface area contributed by atoms with Crippen molar-refractivity contribution in [3.8, 4) is 16.9 Å². The molecule has 4 rings (SSSR count). The average molecular weight is 580 g/mol. The average Bonchev–Trinajstić information content (AvgIpc) is 3.32. The number of nitrogens with zero attached hydrogens (tertiary/aromatic N) is 4. The van der Waals surface area contributed by atoms with Gasteiger partial charge < -0.3 is 4.90 Å². The van der Waals surface area contributed by atoms with E-state index in [2.05, 4.69) is 5.32 Å². The molecule has 0 radical (unpaired) electrons. The molecule has 1 aromatic heterocycles. The quantitative estimate of drug-likeness (QED) is 0.275. The Bertz CT molecular complexity index is 1600. The van der Waals surface area contributed by atoms with E-state index in [1.54, 1.807) is 41.0 Å². The fraction of sp³-hybridized carbons (Fsp3) is 0.267. The molecule has 4 aromatic rings. The van der Waals surface area contributed by atoms with Crippen LogP contribution in [-0.2, 0) is 14.8 Å². The highest BCUT2D eigenvalue weighted by Gasteiger charge is 2.27. The molecule has 0 atom stereocenters. The number of carbonyl (C=O) groups excluding carboxylic acids is 1. The molecular formula is C30H34ClN5O3S. The van der Waals surface area contributed by atoms with Crippen molar-refractivity contribution in [3.63, 3.8) is 0 Å². The largest absolute Gasteiger partial charge is 0.308 e. The number of anilines is 1. The summed E-state index contributed by atoms with van der Waals surface area (Å²) >= 11 is 6.08. The first-order valence-electron chi connectivity index (χ1n) is 12.9. The number of nitrogens with one attached hydrogen (secondary N) is 1. The minimum absolute atomic E-state index is 0.145. The van der Waals surface area contributed by atoms with Crippen molar-refractivity contribution < 1.29 is 13.2 Å². The SMILES string of the molecule is Cc1ccc(S(=O)(=O)N(CCN(C)C)CC(=O)Nc2nc(-c3ccc(Cl)cc3)cn2-c2ccc(C)c(C)c2)cc1. The number of aromatic nitrogens is 2. The monoisotopic (exact) mass is 579 g/mol. The van der Waals surface area contributed by atoms with Crippen LogP contribution in [0, 0.1) is 20.8 Å². The summed E-state index contributed by atoms with van der Waals surface area (Å²) in [6.07, 6.45) is 1.84. The summed E-state index contributed by atoms with van der Waals surface area (Å²) in [7, 11) is -0.196. The molecule has 1 N–H and O–H groups in total. The van der Waals surface area contributed by atoms with Crippen LogP contribution in [0.2, 0.25) is 5.02 Å². The third-order valence-electron chi connectivity index (χ3n) is 6.64. The number of halogens is 1. The van der Waals surface area contributed by atoms with Gasteiger partial charge in [-0.2, -0.15) is 4.31 Å². The molecule has 8 nitrogen and oxygen atoms in total. The van der Waals surface area contributed by atoms with E-state index in [1.807, 2.05) is 76.3 Å². The lowest BCUT2D eigenvalue weighted by Gasteiger charge is -2.23. The van der Waals surface area contributed by atoms with Gasteiger partial charge in [-0.15, -0.1) is 0 Å². The molecule has 3 aromatic carbocycles. The molecule has 0 aliphatic carbocycles. The number of sulfonamides is 1. The topological polar surface area (TPSA) is 87.5 Å². The number of imidazole rings is 1. The van der Waals surface area contributed by atoms with Gasteiger partial charge in [-0.05, 0) is 82.4 Å². The number of hydrogen-bond donors (Lipinski definition) is 1. The van der Waals surface area contributed by atoms with Crippen molar-refractivity contribution in [1.29, 1.82) is 0 Å². The fourth-order valence-corrected chi connectivity index (χ4v) is 5.59. The third kappa shape index (κ3) is 6.98. The van der Waals surface area contributed by atoms with Gasteiger partial charge in [-0.1, -0.05) is 47.5 Å². The zero-order chi connectivity index (χ0) is 29.0. The van der Waals surface area contributed by atoms with Crippen molar-refractivity contribution in [2.24, 2.45) is 0 Å². The predicted octanol–water partition coefficient (Wildman–Crippen LogP) is 5.31. The van der Waals surface area contributed by atoms with E-state index in [-0.39, 0.29) is 18.0 Å². The van der Waals surface area contributed by atoms with Crippen LogP contribution >= 0.6 is 11.6 Å². The van der Waals surface area contributed by atoms with Gasteiger partial charge in [-0.3, -0.25) is 14.7 Å². The summed E-state index contributed by atoms with van der Waals surface area (Å²) in [6, 6.07) is 19.9. The lowest BCUT2D eigenvalue weighted by atomic mass is 10.1. The lowest BCUT2D eigenvalue weighted by molar-refractivity contribution is -0.116. The second-order valence-corrected chi connectivity index (χ2v) is 12.5. The standard InChI is InChI=1S/C30H34ClN5O3S/c1-21-6-14-27(15-7-21)40(38,39)35(17-16-34(4)5)20-29(37)33-30-32-28(24-9-11-25(31)12-10-24)19-36(30)26-13-8-22(2)23(3)18-26/h6-15,18-19H,16-17,20H2,1-5H3,(H,32,33,37). The van der Waals surface area contributed by atoms with E-state index in [4.69, 9.17) is 16.6 Å². The Hall–Kier alpha value is -3.50. The first kappa shape index (κ1) is 29.5. The van der Waals surface area contributed by atoms with Crippen molar-refractivity contribution in [1.82, 2.24) is 18.8 Å². The Morgan fingerprint density at radius 2 is 1.60 bits per heavy atom. The number of rotatable bonds is 10. The number of aryl methyl sites for hydroxylation is 3. The highest BCUT2D eigenvalue weighted by atomic mass is 35.5. The van der Waals surface area contributed by atoms with Crippen molar-refractivity contribution in [2.75, 3.05) is 39.0 Å². The minimum atomic E-state index is -3.91. The Morgan fingerprint density at radius 3 is 2.23 bits per heavy atom. The molecular weight excluding hydrogens is 546 g/mol. The van der Waals surface area contributed by atoms with Gasteiger partial charge in [0.05, 0.1) is 17.1 Å². The molecule has 0 unspecified atom stereocenters. The van der Waals surface area contributed by atoms with Crippen LogP contribution in [0.5, 0.6) is 0 Å². The highest BCUT2D eigenvalue weighted by molar-refractivity contribution is 7.89. The van der Waals surface area contributed by atoms with E-state index in [9.17, 15) is 13.2 Å². The first-order chi connectivity index (χ1) is 18.9. The Labute approximate surface area is 241 Å². The molecule has 1 amide bonds. The van der Waals surface area contributed by atoms with Crippen molar-refractivity contribution in [2.45, 2.75) is 25.7 Å². The summed E-state index contributed by atoms with van der Waals surface area (Å²) < 4.78 is 30.0. The maximum absolute atomic E-state index is 13.5. The van der Waals surface area contributed by atoms with Crippen LogP contribution in [0.1, 0.15) is 16.7 Å². The zero-order valence-electron chi connectivity index (χ0n) is 23.3. The molecule has 0 saturated heterocycles. The van der Waals surface area contributed by atoms with E-state index < -0.39 is 15.9 Å². The second-order valence-electron chi connectivity index (χ2n) is 10.1. The van der Waals surface area contributed by atoms with Crippen LogP contribution in [0.3, 0.4) is 0 Å². The normalized spacial score (nSPS) is 11.8. The summed E-state index contributed by atoms with van der Waals surface area (Å²) in [5.74, 6) is -0.203. The predicted molar refractivity (Wildman–Crippen MR) is 161 cm³/mol. The molecule has 0 aliphatic heterocycles. The van der Waals surface area contributed by atoms with Gasteiger partial charge in [0, 0.05) is 35.6 Å². The fourth-order valence-electron chi connectivity index (χ4n) is 4.08. The van der Waals surface area contributed by atoms with Crippen molar-refractivity contribution in [3.05, 3.63) is 94.6 Å². The maximum Gasteiger partial charge on any atom is 0.243 e. The molecule has 40 heavy (non-hydrogen) atoms. The lowest BCUT2D eigenvalue weighted by Crippen LogP contribution is -2.41. The summed E-state index contributed by atoms with van der Waals surface area (Å²) in [4.78, 5) is 20.1. The number of amides is 1. The molecule has 0 spiro atoms. The van der Waals surface area contributed by atoms with Gasteiger partial charge in [-0.25, -0.2) is 13.4 Å². The van der Waals surface area contributed by atoms with Gasteiger partial charge in [0.2, 0.25) is 21.9 Å². The van der Waals surface area contributed by atoms with Crippen LogP contribution < -0.4 is 5.32 Å². The molecule has 210 valence electrons. The number of hydrogen-bond acceptors (Lipinski definition) is 5. The van der Waals surface area contributed by atoms with Crippen LogP contribution in [0.15, 0.2) is 77.8 Å². The Morgan fingerprint density at radius 1 is 0.925 bits per heavy atom. The van der Waals surface area contributed by atoms with Gasteiger partial charge in [0.25, 0.3) is 0 Å². The second kappa shape index (κ2) is 12.3. The minimum Gasteiger partial charge on any atom is -0.308 e. The molecule has 0 saturated carbocycles. The summed E-state index contributed by atoms with van der Waals surface area (Å²) in [5.41, 5.74) is 5.48. The van der Waals surface area contributed by atoms with Gasteiger partial charge in [0.15, 0.2) is 0 Å². The molecule has 0 bridgehead atoms. The zero-order valence-corrected chi connectivity index (χ0v) is 24.9. The first-order valence-corrected chi connectivity index (χ1v) is 14.7. The van der Waals surface area contributed by atoms with Crippen LogP contribution in [0.4, 0.5) is 5.95 Å². The van der Waals surface area contributed by atoms with E-state index in [0.717, 1.165) is 27.9 Å². The van der Waals surface area contributed by atoms with E-state index >= 15 is 0 Å². The van der Waals surface area contributed by atoms with Crippen LogP contribution in [-0.4, -0.2) is 66.8 Å². The molecule has 0 aliphatic rings. The van der Waals surface area contributed by atoms with Gasteiger partial charge in [0.1, 0.15) is 0 Å². The Kier molecular flexibility index (Phi) is 9.10. The molecule has 0 fully saturated rings.